The molecule has 3 rings (SSSR count). The van der Waals surface area contributed by atoms with E-state index in [0.29, 0.717) is 25.9 Å². The maximum absolute atomic E-state index is 12.8. The van der Waals surface area contributed by atoms with Crippen LogP contribution in [0, 0.1) is 0 Å². The third-order valence-electron chi connectivity index (χ3n) is 4.94. The number of ether oxygens (including phenoxy) is 1. The molecule has 0 bridgehead atoms. The van der Waals surface area contributed by atoms with E-state index in [-0.39, 0.29) is 37.4 Å². The second kappa shape index (κ2) is 12.0. The minimum Gasteiger partial charge on any atom is -0.484 e. The Balaban J connectivity index is 1.54. The maximum Gasteiger partial charge on any atom is 0.260 e. The van der Waals surface area contributed by atoms with Gasteiger partial charge in [0, 0.05) is 34.6 Å². The van der Waals surface area contributed by atoms with Crippen LogP contribution in [0.3, 0.4) is 0 Å². The monoisotopic (exact) mass is 506 g/mol. The minimum atomic E-state index is -0.247. The van der Waals surface area contributed by atoms with E-state index in [0.717, 1.165) is 12.0 Å². The van der Waals surface area contributed by atoms with Gasteiger partial charge in [-0.3, -0.25) is 9.59 Å². The average Bonchev–Trinajstić information content (AvgIpc) is 3.27. The zero-order valence-electron chi connectivity index (χ0n) is 18.3. The summed E-state index contributed by atoms with van der Waals surface area (Å²) in [6, 6.07) is 14.0. The van der Waals surface area contributed by atoms with Gasteiger partial charge in [-0.2, -0.15) is 0 Å². The van der Waals surface area contributed by atoms with Gasteiger partial charge < -0.3 is 15.0 Å². The number of benzene rings is 2. The molecule has 1 atom stereocenters. The molecule has 7 nitrogen and oxygen atoms in total. The van der Waals surface area contributed by atoms with Crippen LogP contribution in [0.25, 0.3) is 10.6 Å². The van der Waals surface area contributed by atoms with E-state index in [2.05, 4.69) is 15.5 Å². The zero-order valence-corrected chi connectivity index (χ0v) is 20.6. The molecule has 0 aliphatic heterocycles. The molecule has 0 radical (unpaired) electrons. The van der Waals surface area contributed by atoms with Gasteiger partial charge in [0.2, 0.25) is 11.0 Å². The molecule has 0 spiro atoms. The summed E-state index contributed by atoms with van der Waals surface area (Å²) in [6.45, 7) is 4.08. The largest absolute Gasteiger partial charge is 0.484 e. The first-order chi connectivity index (χ1) is 15.9. The molecule has 3 aromatic rings. The van der Waals surface area contributed by atoms with Gasteiger partial charge in [0.05, 0.1) is 0 Å². The molecule has 1 aromatic heterocycles. The first kappa shape index (κ1) is 25.0. The Hall–Kier alpha value is -2.68. The molecule has 10 heteroatoms. The Morgan fingerprint density at radius 3 is 2.58 bits per heavy atom. The van der Waals surface area contributed by atoms with Crippen LogP contribution in [0.5, 0.6) is 5.75 Å². The number of halogens is 2. The fraction of sp³-hybridized carbons (Fsp3) is 0.304. The molecule has 1 heterocycles. The van der Waals surface area contributed by atoms with E-state index < -0.39 is 0 Å². The highest BCUT2D eigenvalue weighted by molar-refractivity contribution is 7.18. The van der Waals surface area contributed by atoms with Crippen molar-refractivity contribution in [2.24, 2.45) is 0 Å². The lowest BCUT2D eigenvalue weighted by molar-refractivity contribution is -0.135. The average molecular weight is 507 g/mol. The van der Waals surface area contributed by atoms with E-state index in [1.54, 1.807) is 41.3 Å². The molecule has 33 heavy (non-hydrogen) atoms. The minimum absolute atomic E-state index is 0.0323. The Kier molecular flexibility index (Phi) is 9.05. The molecule has 0 saturated heterocycles. The normalized spacial score (nSPS) is 11.6. The number of nitrogens with zero attached hydrogens (tertiary/aromatic N) is 3. The zero-order chi connectivity index (χ0) is 23.8. The number of carbonyl (C=O) groups is 2. The highest BCUT2D eigenvalue weighted by Crippen LogP contribution is 2.28. The number of amides is 2. The molecule has 2 aromatic carbocycles. The molecule has 0 saturated carbocycles. The molecular formula is C23H24Cl2N4O3S. The summed E-state index contributed by atoms with van der Waals surface area (Å²) < 4.78 is 5.58. The number of carbonyl (C=O) groups excluding carboxylic acids is 2. The molecule has 0 aliphatic rings. The smallest absolute Gasteiger partial charge is 0.260 e. The van der Waals surface area contributed by atoms with Gasteiger partial charge in [0.15, 0.2) is 6.61 Å². The quantitative estimate of drug-likeness (QED) is 0.389. The summed E-state index contributed by atoms with van der Waals surface area (Å²) in [5.74, 6) is 0.121. The molecule has 0 aliphatic carbocycles. The van der Waals surface area contributed by atoms with Crippen molar-refractivity contribution >= 4 is 51.5 Å². The van der Waals surface area contributed by atoms with E-state index in [1.807, 2.05) is 26.0 Å². The lowest BCUT2D eigenvalue weighted by Gasteiger charge is -2.28. The first-order valence-corrected chi connectivity index (χ1v) is 12.0. The van der Waals surface area contributed by atoms with Crippen LogP contribution >= 0.6 is 34.5 Å². The predicted octanol–water partition coefficient (Wildman–Crippen LogP) is 5.55. The van der Waals surface area contributed by atoms with Gasteiger partial charge in [-0.05, 0) is 49.7 Å². The van der Waals surface area contributed by atoms with E-state index in [9.17, 15) is 9.59 Å². The second-order valence-corrected chi connectivity index (χ2v) is 9.16. The van der Waals surface area contributed by atoms with Crippen LogP contribution in [-0.4, -0.2) is 46.1 Å². The van der Waals surface area contributed by atoms with Crippen LogP contribution in [0.4, 0.5) is 5.13 Å². The lowest BCUT2D eigenvalue weighted by Crippen LogP contribution is -2.42. The number of rotatable bonds is 10. The van der Waals surface area contributed by atoms with Crippen molar-refractivity contribution in [1.82, 2.24) is 15.1 Å². The van der Waals surface area contributed by atoms with Gasteiger partial charge in [0.1, 0.15) is 10.8 Å². The van der Waals surface area contributed by atoms with Crippen molar-refractivity contribution in [3.8, 4) is 16.3 Å². The van der Waals surface area contributed by atoms with Gasteiger partial charge >= 0.3 is 0 Å². The third kappa shape index (κ3) is 7.42. The topological polar surface area (TPSA) is 84.4 Å². The van der Waals surface area contributed by atoms with Crippen molar-refractivity contribution in [3.05, 3.63) is 58.6 Å². The second-order valence-electron chi connectivity index (χ2n) is 7.31. The molecule has 174 valence electrons. The number of hydrogen-bond donors (Lipinski definition) is 1. The summed E-state index contributed by atoms with van der Waals surface area (Å²) in [5.41, 5.74) is 0.828. The van der Waals surface area contributed by atoms with Crippen LogP contribution in [0.1, 0.15) is 26.7 Å². The molecular weight excluding hydrogens is 483 g/mol. The molecule has 2 amide bonds. The van der Waals surface area contributed by atoms with Gasteiger partial charge in [-0.1, -0.05) is 53.6 Å². The van der Waals surface area contributed by atoms with Crippen molar-refractivity contribution in [3.63, 3.8) is 0 Å². The fourth-order valence-corrected chi connectivity index (χ4v) is 4.06. The van der Waals surface area contributed by atoms with Crippen LogP contribution in [0.15, 0.2) is 48.5 Å². The molecule has 1 N–H and O–H groups in total. The Bertz CT molecular complexity index is 1090. The van der Waals surface area contributed by atoms with Gasteiger partial charge in [-0.25, -0.2) is 0 Å². The number of nitrogens with one attached hydrogen (secondary N) is 1. The Labute approximate surface area is 206 Å². The number of anilines is 1. The van der Waals surface area contributed by atoms with E-state index in [4.69, 9.17) is 27.9 Å². The summed E-state index contributed by atoms with van der Waals surface area (Å²) in [4.78, 5) is 26.9. The highest BCUT2D eigenvalue weighted by Gasteiger charge is 2.21. The van der Waals surface area contributed by atoms with E-state index in [1.165, 1.54) is 11.3 Å². The van der Waals surface area contributed by atoms with Crippen LogP contribution < -0.4 is 10.1 Å². The van der Waals surface area contributed by atoms with E-state index >= 15 is 0 Å². The van der Waals surface area contributed by atoms with Gasteiger partial charge in [-0.15, -0.1) is 10.2 Å². The van der Waals surface area contributed by atoms with Crippen molar-refractivity contribution in [2.45, 2.75) is 32.7 Å². The fourth-order valence-electron chi connectivity index (χ4n) is 2.99. The van der Waals surface area contributed by atoms with Crippen molar-refractivity contribution in [2.75, 3.05) is 18.5 Å². The highest BCUT2D eigenvalue weighted by atomic mass is 35.5. The third-order valence-corrected chi connectivity index (χ3v) is 6.32. The SMILES string of the molecule is CC[C@H](C)N(CCC(=O)Nc1nnc(-c2cccc(Cl)c2)s1)C(=O)COc1ccc(Cl)cc1. The first-order valence-electron chi connectivity index (χ1n) is 10.4. The Morgan fingerprint density at radius 1 is 1.12 bits per heavy atom. The summed E-state index contributed by atoms with van der Waals surface area (Å²) in [5, 5.41) is 13.1. The maximum atomic E-state index is 12.8. The van der Waals surface area contributed by atoms with Crippen molar-refractivity contribution in [1.29, 1.82) is 0 Å². The number of hydrogen-bond acceptors (Lipinski definition) is 6. The van der Waals surface area contributed by atoms with Crippen molar-refractivity contribution < 1.29 is 14.3 Å². The van der Waals surface area contributed by atoms with Crippen LogP contribution in [-0.2, 0) is 9.59 Å². The standard InChI is InChI=1S/C23H24Cl2N4O3S/c1-3-15(2)29(21(31)14-32-19-9-7-17(24)8-10-19)12-11-20(30)26-23-28-27-22(33-23)16-5-4-6-18(25)13-16/h4-10,13,15H,3,11-12,14H2,1-2H3,(H,26,28,30)/t15-/m0/s1. The Morgan fingerprint density at radius 2 is 1.88 bits per heavy atom. The molecule has 0 fully saturated rings. The predicted molar refractivity (Wildman–Crippen MR) is 132 cm³/mol. The summed E-state index contributed by atoms with van der Waals surface area (Å²) in [6.07, 6.45) is 0.886. The van der Waals surface area contributed by atoms with Gasteiger partial charge in [0.25, 0.3) is 5.91 Å². The van der Waals surface area contributed by atoms with Crippen LogP contribution in [0.2, 0.25) is 10.0 Å². The summed E-state index contributed by atoms with van der Waals surface area (Å²) in [7, 11) is 0. The number of aromatic nitrogens is 2. The summed E-state index contributed by atoms with van der Waals surface area (Å²) >= 11 is 13.2. The molecule has 0 unspecified atom stereocenters. The lowest BCUT2D eigenvalue weighted by atomic mass is 10.2.